The summed E-state index contributed by atoms with van der Waals surface area (Å²) < 4.78 is 5.22. The van der Waals surface area contributed by atoms with Crippen LogP contribution in [0.25, 0.3) is 0 Å². The van der Waals surface area contributed by atoms with Crippen molar-refractivity contribution in [2.75, 3.05) is 13.2 Å². The average Bonchev–Trinajstić information content (AvgIpc) is 2.22. The zero-order chi connectivity index (χ0) is 10.7. The number of hydrogen-bond acceptors (Lipinski definition) is 3. The molecule has 0 unspecified atom stereocenters. The second kappa shape index (κ2) is 4.21. The molecule has 0 atom stereocenters. The van der Waals surface area contributed by atoms with Gasteiger partial charge in [0.25, 0.3) is 0 Å². The van der Waals surface area contributed by atoms with Crippen LogP contribution in [0, 0.1) is 0 Å². The van der Waals surface area contributed by atoms with Gasteiger partial charge in [-0.3, -0.25) is 0 Å². The van der Waals surface area contributed by atoms with Crippen LogP contribution >= 0.6 is 0 Å². The quantitative estimate of drug-likeness (QED) is 0.774. The van der Waals surface area contributed by atoms with Gasteiger partial charge in [-0.05, 0) is 30.5 Å². The first-order valence-electron chi connectivity index (χ1n) is 5.26. The summed E-state index contributed by atoms with van der Waals surface area (Å²) in [4.78, 5) is 0. The van der Waals surface area contributed by atoms with Gasteiger partial charge in [-0.1, -0.05) is 12.1 Å². The first kappa shape index (κ1) is 10.5. The lowest BCUT2D eigenvalue weighted by molar-refractivity contribution is -0.0625. The Labute approximate surface area is 89.3 Å². The van der Waals surface area contributed by atoms with E-state index in [0.29, 0.717) is 32.5 Å². The Morgan fingerprint density at radius 1 is 1.13 bits per heavy atom. The van der Waals surface area contributed by atoms with Crippen molar-refractivity contribution < 1.29 is 14.9 Å². The summed E-state index contributed by atoms with van der Waals surface area (Å²) in [5, 5.41) is 19.4. The van der Waals surface area contributed by atoms with Crippen molar-refractivity contribution in [3.8, 4) is 5.75 Å². The first-order valence-corrected chi connectivity index (χ1v) is 5.26. The standard InChI is InChI=1S/C12H16O3/c13-11-3-1-10(2-4-11)9-12(14)5-7-15-8-6-12/h1-4,13-14H,5-9H2. The second-order valence-electron chi connectivity index (χ2n) is 4.18. The van der Waals surface area contributed by atoms with E-state index < -0.39 is 5.60 Å². The predicted molar refractivity (Wildman–Crippen MR) is 56.8 cm³/mol. The molecule has 1 aromatic carbocycles. The molecule has 1 fully saturated rings. The lowest BCUT2D eigenvalue weighted by Crippen LogP contribution is -2.38. The minimum absolute atomic E-state index is 0.262. The molecule has 0 radical (unpaired) electrons. The van der Waals surface area contributed by atoms with Crippen LogP contribution in [-0.4, -0.2) is 29.0 Å². The monoisotopic (exact) mass is 208 g/mol. The van der Waals surface area contributed by atoms with Crippen molar-refractivity contribution >= 4 is 0 Å². The maximum Gasteiger partial charge on any atom is 0.115 e. The van der Waals surface area contributed by atoms with E-state index in [1.54, 1.807) is 12.1 Å². The molecule has 3 nitrogen and oxygen atoms in total. The lowest BCUT2D eigenvalue weighted by atomic mass is 9.87. The van der Waals surface area contributed by atoms with Crippen molar-refractivity contribution in [2.24, 2.45) is 0 Å². The normalized spacial score (nSPS) is 20.1. The van der Waals surface area contributed by atoms with E-state index in [4.69, 9.17) is 9.84 Å². The van der Waals surface area contributed by atoms with Gasteiger partial charge < -0.3 is 14.9 Å². The van der Waals surface area contributed by atoms with E-state index in [1.807, 2.05) is 12.1 Å². The van der Waals surface area contributed by atoms with E-state index in [9.17, 15) is 5.11 Å². The number of aliphatic hydroxyl groups is 1. The van der Waals surface area contributed by atoms with E-state index in [1.165, 1.54) is 0 Å². The molecule has 0 saturated carbocycles. The maximum absolute atomic E-state index is 10.3. The molecule has 1 aliphatic rings. The van der Waals surface area contributed by atoms with Gasteiger partial charge in [0, 0.05) is 19.6 Å². The molecular formula is C12H16O3. The third kappa shape index (κ3) is 2.70. The summed E-state index contributed by atoms with van der Waals surface area (Å²) in [6, 6.07) is 7.00. The number of hydrogen-bond donors (Lipinski definition) is 2. The molecule has 1 aromatic rings. The molecule has 0 amide bonds. The van der Waals surface area contributed by atoms with E-state index in [0.717, 1.165) is 5.56 Å². The fourth-order valence-electron chi connectivity index (χ4n) is 1.92. The van der Waals surface area contributed by atoms with Crippen molar-refractivity contribution in [1.82, 2.24) is 0 Å². The van der Waals surface area contributed by atoms with Gasteiger partial charge in [0.2, 0.25) is 0 Å². The van der Waals surface area contributed by atoms with Crippen molar-refractivity contribution in [3.63, 3.8) is 0 Å². The number of benzene rings is 1. The van der Waals surface area contributed by atoms with Crippen molar-refractivity contribution in [3.05, 3.63) is 29.8 Å². The van der Waals surface area contributed by atoms with Gasteiger partial charge in [-0.2, -0.15) is 0 Å². The molecule has 2 rings (SSSR count). The lowest BCUT2D eigenvalue weighted by Gasteiger charge is -2.32. The fourth-order valence-corrected chi connectivity index (χ4v) is 1.92. The van der Waals surface area contributed by atoms with Gasteiger partial charge in [0.15, 0.2) is 0 Å². The number of phenols is 1. The van der Waals surface area contributed by atoms with Crippen LogP contribution in [0.2, 0.25) is 0 Å². The van der Waals surface area contributed by atoms with Gasteiger partial charge in [-0.25, -0.2) is 0 Å². The molecule has 1 aliphatic heterocycles. The third-order valence-electron chi connectivity index (χ3n) is 2.89. The van der Waals surface area contributed by atoms with Crippen LogP contribution in [0.1, 0.15) is 18.4 Å². The summed E-state index contributed by atoms with van der Waals surface area (Å²) in [5.41, 5.74) is 0.423. The minimum atomic E-state index is -0.630. The maximum atomic E-state index is 10.3. The molecule has 82 valence electrons. The largest absolute Gasteiger partial charge is 0.508 e. The van der Waals surface area contributed by atoms with Gasteiger partial charge in [0.05, 0.1) is 5.60 Å². The number of rotatable bonds is 2. The third-order valence-corrected chi connectivity index (χ3v) is 2.89. The molecule has 0 aliphatic carbocycles. The molecule has 0 spiro atoms. The van der Waals surface area contributed by atoms with Crippen LogP contribution in [0.5, 0.6) is 5.75 Å². The minimum Gasteiger partial charge on any atom is -0.508 e. The Kier molecular flexibility index (Phi) is 2.93. The molecule has 15 heavy (non-hydrogen) atoms. The van der Waals surface area contributed by atoms with Crippen LogP contribution in [0.3, 0.4) is 0 Å². The number of aromatic hydroxyl groups is 1. The highest BCUT2D eigenvalue weighted by molar-refractivity contribution is 5.26. The zero-order valence-corrected chi connectivity index (χ0v) is 8.65. The van der Waals surface area contributed by atoms with Crippen LogP contribution in [-0.2, 0) is 11.2 Å². The molecule has 1 heterocycles. The summed E-state index contributed by atoms with van der Waals surface area (Å²) >= 11 is 0. The molecule has 0 bridgehead atoms. The Bertz CT molecular complexity index is 312. The SMILES string of the molecule is Oc1ccc(CC2(O)CCOCC2)cc1. The summed E-state index contributed by atoms with van der Waals surface area (Å²) in [6.07, 6.45) is 2.01. The van der Waals surface area contributed by atoms with Crippen LogP contribution in [0.4, 0.5) is 0 Å². The average molecular weight is 208 g/mol. The van der Waals surface area contributed by atoms with E-state index in [2.05, 4.69) is 0 Å². The summed E-state index contributed by atoms with van der Waals surface area (Å²) in [5.74, 6) is 0.262. The van der Waals surface area contributed by atoms with Crippen molar-refractivity contribution in [1.29, 1.82) is 0 Å². The first-order chi connectivity index (χ1) is 7.18. The topological polar surface area (TPSA) is 49.7 Å². The van der Waals surface area contributed by atoms with Gasteiger partial charge in [0.1, 0.15) is 5.75 Å². The highest BCUT2D eigenvalue weighted by Crippen LogP contribution is 2.25. The zero-order valence-electron chi connectivity index (χ0n) is 8.65. The molecule has 3 heteroatoms. The number of phenolic OH excluding ortho intramolecular Hbond substituents is 1. The highest BCUT2D eigenvalue weighted by Gasteiger charge is 2.29. The van der Waals surface area contributed by atoms with Gasteiger partial charge >= 0.3 is 0 Å². The second-order valence-corrected chi connectivity index (χ2v) is 4.18. The Morgan fingerprint density at radius 3 is 2.33 bits per heavy atom. The molecule has 0 aromatic heterocycles. The van der Waals surface area contributed by atoms with Crippen LogP contribution < -0.4 is 0 Å². The Hall–Kier alpha value is -1.06. The smallest absolute Gasteiger partial charge is 0.115 e. The van der Waals surface area contributed by atoms with E-state index >= 15 is 0 Å². The molecule has 1 saturated heterocycles. The highest BCUT2D eigenvalue weighted by atomic mass is 16.5. The van der Waals surface area contributed by atoms with Gasteiger partial charge in [-0.15, -0.1) is 0 Å². The molecular weight excluding hydrogens is 192 g/mol. The van der Waals surface area contributed by atoms with Crippen molar-refractivity contribution in [2.45, 2.75) is 24.9 Å². The van der Waals surface area contributed by atoms with E-state index in [-0.39, 0.29) is 5.75 Å². The predicted octanol–water partition coefficient (Wildman–Crippen LogP) is 1.48. The Balaban J connectivity index is 2.03. The Morgan fingerprint density at radius 2 is 1.73 bits per heavy atom. The van der Waals surface area contributed by atoms with Crippen LogP contribution in [0.15, 0.2) is 24.3 Å². The molecule has 2 N–H and O–H groups in total. The number of ether oxygens (including phenoxy) is 1. The summed E-state index contributed by atoms with van der Waals surface area (Å²) in [7, 11) is 0. The fraction of sp³-hybridized carbons (Fsp3) is 0.500. The summed E-state index contributed by atoms with van der Waals surface area (Å²) in [6.45, 7) is 1.27.